The molecule has 0 spiro atoms. The van der Waals surface area contributed by atoms with Gasteiger partial charge in [0.2, 0.25) is 5.91 Å². The number of benzene rings is 1. The van der Waals surface area contributed by atoms with Gasteiger partial charge in [0.25, 0.3) is 5.56 Å². The van der Waals surface area contributed by atoms with E-state index in [1.54, 1.807) is 16.3 Å². The number of thioether (sulfide) groups is 2. The van der Waals surface area contributed by atoms with E-state index >= 15 is 0 Å². The van der Waals surface area contributed by atoms with Crippen molar-refractivity contribution < 1.29 is 4.79 Å². The Bertz CT molecular complexity index is 908. The number of nitrogens with one attached hydrogen (secondary N) is 1. The van der Waals surface area contributed by atoms with Crippen LogP contribution in [0.3, 0.4) is 0 Å². The average Bonchev–Trinajstić information content (AvgIpc) is 2.96. The van der Waals surface area contributed by atoms with E-state index in [1.807, 2.05) is 39.0 Å². The standard InChI is InChI=1S/C19H23N3O2S2/c1-5-22-18(24)17-15(9-13(4)26-17)21-19(22)25-10-16(23)20-14-7-6-11(2)8-12(14)3/h6-8,13H,5,9-10H2,1-4H3,(H,20,23)/t13-/m0/s1. The van der Waals surface area contributed by atoms with Gasteiger partial charge in [-0.25, -0.2) is 4.98 Å². The van der Waals surface area contributed by atoms with E-state index < -0.39 is 0 Å². The fourth-order valence-electron chi connectivity index (χ4n) is 2.99. The normalized spacial score (nSPS) is 15.8. The van der Waals surface area contributed by atoms with Crippen molar-refractivity contribution in [3.05, 3.63) is 45.4 Å². The van der Waals surface area contributed by atoms with Crippen LogP contribution in [0.2, 0.25) is 0 Å². The topological polar surface area (TPSA) is 64.0 Å². The molecule has 1 aliphatic heterocycles. The van der Waals surface area contributed by atoms with Crippen LogP contribution in [0.1, 0.15) is 30.7 Å². The lowest BCUT2D eigenvalue weighted by molar-refractivity contribution is -0.113. The third-order valence-corrected chi connectivity index (χ3v) is 6.46. The Labute approximate surface area is 162 Å². The number of aromatic nitrogens is 2. The van der Waals surface area contributed by atoms with Crippen molar-refractivity contribution in [1.82, 2.24) is 9.55 Å². The molecule has 0 fully saturated rings. The summed E-state index contributed by atoms with van der Waals surface area (Å²) in [5.74, 6) is 0.128. The summed E-state index contributed by atoms with van der Waals surface area (Å²) in [4.78, 5) is 30.4. The van der Waals surface area contributed by atoms with E-state index in [1.165, 1.54) is 11.8 Å². The maximum Gasteiger partial charge on any atom is 0.268 e. The first kappa shape index (κ1) is 19.0. The van der Waals surface area contributed by atoms with Crippen molar-refractivity contribution in [3.8, 4) is 0 Å². The van der Waals surface area contributed by atoms with Gasteiger partial charge in [-0.05, 0) is 32.4 Å². The van der Waals surface area contributed by atoms with Crippen molar-refractivity contribution in [2.75, 3.05) is 11.1 Å². The lowest BCUT2D eigenvalue weighted by Crippen LogP contribution is -2.25. The Hall–Kier alpha value is -1.73. The summed E-state index contributed by atoms with van der Waals surface area (Å²) in [6, 6.07) is 5.94. The van der Waals surface area contributed by atoms with Crippen LogP contribution in [-0.4, -0.2) is 26.5 Å². The predicted octanol–water partition coefficient (Wildman–Crippen LogP) is 3.65. The SMILES string of the molecule is CCn1c(SCC(=O)Nc2ccc(C)cc2C)nc2c(c1=O)S[C@@H](C)C2. The number of amides is 1. The monoisotopic (exact) mass is 389 g/mol. The van der Waals surface area contributed by atoms with Gasteiger partial charge in [0, 0.05) is 23.9 Å². The third-order valence-electron chi connectivity index (χ3n) is 4.27. The van der Waals surface area contributed by atoms with Gasteiger partial charge >= 0.3 is 0 Å². The number of aryl methyl sites for hydroxylation is 2. The maximum absolute atomic E-state index is 12.7. The summed E-state index contributed by atoms with van der Waals surface area (Å²) in [6.07, 6.45) is 0.808. The number of carbonyl (C=O) groups is 1. The van der Waals surface area contributed by atoms with Crippen molar-refractivity contribution in [2.45, 2.75) is 56.0 Å². The maximum atomic E-state index is 12.7. The quantitative estimate of drug-likeness (QED) is 0.625. The summed E-state index contributed by atoms with van der Waals surface area (Å²) >= 11 is 2.92. The molecule has 0 aliphatic carbocycles. The van der Waals surface area contributed by atoms with E-state index in [2.05, 4.69) is 17.2 Å². The first-order valence-corrected chi connectivity index (χ1v) is 10.6. The minimum atomic E-state index is -0.0953. The molecular weight excluding hydrogens is 366 g/mol. The molecule has 1 aromatic heterocycles. The number of nitrogens with zero attached hydrogens (tertiary/aromatic N) is 2. The summed E-state index contributed by atoms with van der Waals surface area (Å²) in [5.41, 5.74) is 3.91. The Kier molecular flexibility index (Phi) is 5.77. The zero-order chi connectivity index (χ0) is 18.8. The Morgan fingerprint density at radius 3 is 2.88 bits per heavy atom. The van der Waals surface area contributed by atoms with Crippen molar-refractivity contribution in [3.63, 3.8) is 0 Å². The van der Waals surface area contributed by atoms with E-state index in [0.29, 0.717) is 17.0 Å². The van der Waals surface area contributed by atoms with Gasteiger partial charge in [-0.1, -0.05) is 36.4 Å². The second-order valence-corrected chi connectivity index (χ2v) is 8.90. The molecule has 0 bridgehead atoms. The van der Waals surface area contributed by atoms with Gasteiger partial charge in [0.15, 0.2) is 5.16 Å². The lowest BCUT2D eigenvalue weighted by Gasteiger charge is -2.12. The van der Waals surface area contributed by atoms with Crippen LogP contribution in [-0.2, 0) is 17.8 Å². The largest absolute Gasteiger partial charge is 0.325 e. The number of anilines is 1. The van der Waals surface area contributed by atoms with E-state index in [4.69, 9.17) is 0 Å². The fraction of sp³-hybridized carbons (Fsp3) is 0.421. The molecule has 1 aliphatic rings. The fourth-order valence-corrected chi connectivity index (χ4v) is 4.99. The second-order valence-electron chi connectivity index (χ2n) is 6.51. The van der Waals surface area contributed by atoms with Crippen LogP contribution in [0.5, 0.6) is 0 Å². The highest BCUT2D eigenvalue weighted by molar-refractivity contribution is 8.00. The zero-order valence-corrected chi connectivity index (χ0v) is 17.1. The molecule has 0 saturated carbocycles. The van der Waals surface area contributed by atoms with E-state index in [0.717, 1.165) is 33.8 Å². The lowest BCUT2D eigenvalue weighted by atomic mass is 10.1. The predicted molar refractivity (Wildman–Crippen MR) is 108 cm³/mol. The highest BCUT2D eigenvalue weighted by Gasteiger charge is 2.26. The number of hydrogen-bond acceptors (Lipinski definition) is 5. The summed E-state index contributed by atoms with van der Waals surface area (Å²) < 4.78 is 1.67. The molecule has 7 heteroatoms. The first-order valence-electron chi connectivity index (χ1n) is 8.69. The summed E-state index contributed by atoms with van der Waals surface area (Å²) in [5, 5.41) is 3.95. The molecule has 26 heavy (non-hydrogen) atoms. The Morgan fingerprint density at radius 2 is 2.19 bits per heavy atom. The summed E-state index contributed by atoms with van der Waals surface area (Å²) in [6.45, 7) is 8.59. The van der Waals surface area contributed by atoms with E-state index in [9.17, 15) is 9.59 Å². The number of rotatable bonds is 5. The molecule has 5 nitrogen and oxygen atoms in total. The third kappa shape index (κ3) is 3.99. The van der Waals surface area contributed by atoms with E-state index in [-0.39, 0.29) is 17.2 Å². The molecular formula is C19H23N3O2S2. The number of fused-ring (bicyclic) bond motifs is 1. The molecule has 1 aromatic carbocycles. The Morgan fingerprint density at radius 1 is 1.42 bits per heavy atom. The van der Waals surface area contributed by atoms with Crippen LogP contribution in [0, 0.1) is 13.8 Å². The molecule has 2 heterocycles. The van der Waals surface area contributed by atoms with Gasteiger partial charge in [-0.15, -0.1) is 11.8 Å². The van der Waals surface area contributed by atoms with Crippen LogP contribution in [0.25, 0.3) is 0 Å². The molecule has 1 amide bonds. The van der Waals surface area contributed by atoms with Gasteiger partial charge in [-0.3, -0.25) is 14.2 Å². The Balaban J connectivity index is 1.73. The number of carbonyl (C=O) groups excluding carboxylic acids is 1. The molecule has 2 aromatic rings. The van der Waals surface area contributed by atoms with Gasteiger partial charge < -0.3 is 5.32 Å². The van der Waals surface area contributed by atoms with Crippen LogP contribution >= 0.6 is 23.5 Å². The van der Waals surface area contributed by atoms with Crippen molar-refractivity contribution in [1.29, 1.82) is 0 Å². The first-order chi connectivity index (χ1) is 12.4. The molecule has 138 valence electrons. The van der Waals surface area contributed by atoms with Crippen LogP contribution < -0.4 is 10.9 Å². The second kappa shape index (κ2) is 7.88. The van der Waals surface area contributed by atoms with Crippen LogP contribution in [0.15, 0.2) is 33.0 Å². The molecule has 0 saturated heterocycles. The van der Waals surface area contributed by atoms with Gasteiger partial charge in [-0.2, -0.15) is 0 Å². The van der Waals surface area contributed by atoms with Gasteiger partial charge in [0.1, 0.15) is 0 Å². The summed E-state index contributed by atoms with van der Waals surface area (Å²) in [7, 11) is 0. The highest BCUT2D eigenvalue weighted by Crippen LogP contribution is 2.34. The zero-order valence-electron chi connectivity index (χ0n) is 15.5. The molecule has 1 atom stereocenters. The minimum Gasteiger partial charge on any atom is -0.325 e. The molecule has 1 N–H and O–H groups in total. The molecule has 3 rings (SSSR count). The van der Waals surface area contributed by atoms with Crippen LogP contribution in [0.4, 0.5) is 5.69 Å². The number of hydrogen-bond donors (Lipinski definition) is 1. The highest BCUT2D eigenvalue weighted by atomic mass is 32.2. The molecule has 0 unspecified atom stereocenters. The smallest absolute Gasteiger partial charge is 0.268 e. The van der Waals surface area contributed by atoms with Crippen molar-refractivity contribution >= 4 is 35.1 Å². The average molecular weight is 390 g/mol. The minimum absolute atomic E-state index is 0.0177. The molecule has 0 radical (unpaired) electrons. The van der Waals surface area contributed by atoms with Crippen molar-refractivity contribution in [2.24, 2.45) is 0 Å². The van der Waals surface area contributed by atoms with Gasteiger partial charge in [0.05, 0.1) is 16.3 Å².